The minimum atomic E-state index is -0.110. The molecule has 0 spiro atoms. The third-order valence-electron chi connectivity index (χ3n) is 4.59. The Morgan fingerprint density at radius 2 is 2.04 bits per heavy atom. The molecule has 0 radical (unpaired) electrons. The van der Waals surface area contributed by atoms with Gasteiger partial charge >= 0.3 is 5.97 Å². The number of rotatable bonds is 7. The first kappa shape index (κ1) is 18.8. The Labute approximate surface area is 159 Å². The number of ether oxygens (including phenoxy) is 2. The molecule has 1 N–H and O–H groups in total. The molecule has 138 valence electrons. The van der Waals surface area contributed by atoms with E-state index < -0.39 is 0 Å². The number of carbonyl (C=O) groups excluding carboxylic acids is 1. The standard InChI is InChI=1S/C21H25NO3S/c1-4-25-21(23)20-12-17-8-7-16(11-19(17)26-20)14(2)22-13-15-5-9-18(24-3)10-6-15/h5-11,14,20,22H,4,12-13H2,1-3H3. The molecule has 2 aromatic carbocycles. The van der Waals surface area contributed by atoms with Gasteiger partial charge in [-0.3, -0.25) is 4.79 Å². The Kier molecular flexibility index (Phi) is 6.22. The highest BCUT2D eigenvalue weighted by Gasteiger charge is 2.29. The summed E-state index contributed by atoms with van der Waals surface area (Å²) in [5.41, 5.74) is 3.68. The second-order valence-electron chi connectivity index (χ2n) is 6.38. The lowest BCUT2D eigenvalue weighted by molar-refractivity contribution is -0.142. The Hall–Kier alpha value is -1.98. The number of thioether (sulfide) groups is 1. The highest BCUT2D eigenvalue weighted by molar-refractivity contribution is 8.01. The fourth-order valence-electron chi connectivity index (χ4n) is 3.01. The average Bonchev–Trinajstić information content (AvgIpc) is 3.10. The summed E-state index contributed by atoms with van der Waals surface area (Å²) in [6, 6.07) is 14.8. The lowest BCUT2D eigenvalue weighted by Crippen LogP contribution is -2.19. The third-order valence-corrected chi connectivity index (χ3v) is 5.86. The van der Waals surface area contributed by atoms with Crippen molar-refractivity contribution in [2.24, 2.45) is 0 Å². The van der Waals surface area contributed by atoms with Gasteiger partial charge in [-0.15, -0.1) is 11.8 Å². The van der Waals surface area contributed by atoms with Crippen LogP contribution in [0.5, 0.6) is 5.75 Å². The monoisotopic (exact) mass is 371 g/mol. The number of nitrogens with one attached hydrogen (secondary N) is 1. The molecule has 4 nitrogen and oxygen atoms in total. The van der Waals surface area contributed by atoms with E-state index in [1.54, 1.807) is 18.9 Å². The van der Waals surface area contributed by atoms with E-state index in [-0.39, 0.29) is 17.3 Å². The maximum atomic E-state index is 12.0. The predicted octanol–water partition coefficient (Wildman–Crippen LogP) is 4.13. The summed E-state index contributed by atoms with van der Waals surface area (Å²) in [5, 5.41) is 3.45. The van der Waals surface area contributed by atoms with Gasteiger partial charge in [0.25, 0.3) is 0 Å². The van der Waals surface area contributed by atoms with Crippen LogP contribution >= 0.6 is 11.8 Å². The van der Waals surface area contributed by atoms with E-state index in [1.807, 2.05) is 19.1 Å². The molecule has 0 aliphatic carbocycles. The van der Waals surface area contributed by atoms with Crippen molar-refractivity contribution in [3.8, 4) is 5.75 Å². The van der Waals surface area contributed by atoms with E-state index in [0.717, 1.165) is 18.7 Å². The highest BCUT2D eigenvalue weighted by Crippen LogP contribution is 2.39. The van der Waals surface area contributed by atoms with E-state index in [2.05, 4.69) is 42.6 Å². The number of esters is 1. The molecule has 1 aliphatic heterocycles. The first-order valence-corrected chi connectivity index (χ1v) is 9.81. The predicted molar refractivity (Wildman–Crippen MR) is 105 cm³/mol. The summed E-state index contributed by atoms with van der Waals surface area (Å²) in [7, 11) is 1.67. The Balaban J connectivity index is 1.60. The minimum absolute atomic E-state index is 0.109. The Morgan fingerprint density at radius 3 is 2.73 bits per heavy atom. The zero-order chi connectivity index (χ0) is 18.5. The second kappa shape index (κ2) is 8.60. The van der Waals surface area contributed by atoms with Crippen LogP contribution in [0.1, 0.15) is 36.6 Å². The first-order chi connectivity index (χ1) is 12.6. The molecule has 0 amide bonds. The van der Waals surface area contributed by atoms with Gasteiger partial charge in [0.2, 0.25) is 0 Å². The SMILES string of the molecule is CCOC(=O)C1Cc2ccc(C(C)NCc3ccc(OC)cc3)cc2S1. The van der Waals surface area contributed by atoms with Crippen LogP contribution in [0.25, 0.3) is 0 Å². The number of fused-ring (bicyclic) bond motifs is 1. The molecule has 2 aromatic rings. The van der Waals surface area contributed by atoms with Crippen molar-refractivity contribution in [3.63, 3.8) is 0 Å². The van der Waals surface area contributed by atoms with Crippen LogP contribution < -0.4 is 10.1 Å². The molecular weight excluding hydrogens is 346 g/mol. The van der Waals surface area contributed by atoms with Crippen LogP contribution in [0.3, 0.4) is 0 Å². The molecular formula is C21H25NO3S. The van der Waals surface area contributed by atoms with Crippen molar-refractivity contribution in [1.82, 2.24) is 5.32 Å². The lowest BCUT2D eigenvalue weighted by atomic mass is 10.0. The van der Waals surface area contributed by atoms with Crippen molar-refractivity contribution < 1.29 is 14.3 Å². The van der Waals surface area contributed by atoms with E-state index >= 15 is 0 Å². The molecule has 5 heteroatoms. The maximum Gasteiger partial charge on any atom is 0.319 e. The van der Waals surface area contributed by atoms with Crippen LogP contribution in [0.4, 0.5) is 0 Å². The molecule has 0 aromatic heterocycles. The molecule has 0 bridgehead atoms. The van der Waals surface area contributed by atoms with Crippen LogP contribution in [0.2, 0.25) is 0 Å². The number of hydrogen-bond donors (Lipinski definition) is 1. The van der Waals surface area contributed by atoms with Gasteiger partial charge in [0.1, 0.15) is 11.0 Å². The van der Waals surface area contributed by atoms with E-state index in [9.17, 15) is 4.79 Å². The summed E-state index contributed by atoms with van der Waals surface area (Å²) in [5.74, 6) is 0.759. The quantitative estimate of drug-likeness (QED) is 0.742. The average molecular weight is 372 g/mol. The van der Waals surface area contributed by atoms with Crippen molar-refractivity contribution in [2.45, 2.75) is 43.0 Å². The van der Waals surface area contributed by atoms with E-state index in [0.29, 0.717) is 6.61 Å². The molecule has 3 rings (SSSR count). The van der Waals surface area contributed by atoms with Crippen molar-refractivity contribution in [2.75, 3.05) is 13.7 Å². The van der Waals surface area contributed by atoms with E-state index in [4.69, 9.17) is 9.47 Å². The van der Waals surface area contributed by atoms with Crippen LogP contribution in [0, 0.1) is 0 Å². The summed E-state index contributed by atoms with van der Waals surface area (Å²) < 4.78 is 10.3. The van der Waals surface area contributed by atoms with E-state index in [1.165, 1.54) is 21.6 Å². The van der Waals surface area contributed by atoms with Crippen LogP contribution in [-0.2, 0) is 22.5 Å². The molecule has 2 atom stereocenters. The summed E-state index contributed by atoms with van der Waals surface area (Å²) in [6.07, 6.45) is 0.757. The molecule has 0 saturated heterocycles. The zero-order valence-corrected chi connectivity index (χ0v) is 16.3. The number of carbonyl (C=O) groups is 1. The van der Waals surface area contributed by atoms with Gasteiger partial charge in [0.05, 0.1) is 13.7 Å². The van der Waals surface area contributed by atoms with Crippen molar-refractivity contribution >= 4 is 17.7 Å². The summed E-state index contributed by atoms with van der Waals surface area (Å²) >= 11 is 1.62. The van der Waals surface area contributed by atoms with Crippen molar-refractivity contribution in [1.29, 1.82) is 0 Å². The minimum Gasteiger partial charge on any atom is -0.497 e. The Morgan fingerprint density at radius 1 is 1.27 bits per heavy atom. The largest absolute Gasteiger partial charge is 0.497 e. The van der Waals surface area contributed by atoms with Crippen LogP contribution in [-0.4, -0.2) is 24.9 Å². The van der Waals surface area contributed by atoms with Crippen LogP contribution in [0.15, 0.2) is 47.4 Å². The second-order valence-corrected chi connectivity index (χ2v) is 7.63. The first-order valence-electron chi connectivity index (χ1n) is 8.93. The van der Waals surface area contributed by atoms with Gasteiger partial charge in [-0.1, -0.05) is 24.3 Å². The normalized spacial score (nSPS) is 16.8. The zero-order valence-electron chi connectivity index (χ0n) is 15.5. The lowest BCUT2D eigenvalue weighted by Gasteiger charge is -2.15. The Bertz CT molecular complexity index is 760. The van der Waals surface area contributed by atoms with Gasteiger partial charge in [-0.2, -0.15) is 0 Å². The van der Waals surface area contributed by atoms with Gasteiger partial charge < -0.3 is 14.8 Å². The van der Waals surface area contributed by atoms with Gasteiger partial charge in [0.15, 0.2) is 0 Å². The number of benzene rings is 2. The molecule has 1 aliphatic rings. The van der Waals surface area contributed by atoms with Gasteiger partial charge in [-0.25, -0.2) is 0 Å². The molecule has 0 saturated carbocycles. The fourth-order valence-corrected chi connectivity index (χ4v) is 4.25. The maximum absolute atomic E-state index is 12.0. The number of hydrogen-bond acceptors (Lipinski definition) is 5. The molecule has 2 unspecified atom stereocenters. The summed E-state index contributed by atoms with van der Waals surface area (Å²) in [6.45, 7) is 5.23. The number of methoxy groups -OCH3 is 1. The molecule has 0 fully saturated rings. The van der Waals surface area contributed by atoms with Gasteiger partial charge in [0, 0.05) is 17.5 Å². The molecule has 1 heterocycles. The van der Waals surface area contributed by atoms with Crippen molar-refractivity contribution in [3.05, 3.63) is 59.2 Å². The van der Waals surface area contributed by atoms with Gasteiger partial charge in [-0.05, 0) is 55.2 Å². The molecule has 26 heavy (non-hydrogen) atoms. The highest BCUT2D eigenvalue weighted by atomic mass is 32.2. The smallest absolute Gasteiger partial charge is 0.319 e. The topological polar surface area (TPSA) is 47.6 Å². The summed E-state index contributed by atoms with van der Waals surface area (Å²) in [4.78, 5) is 13.2. The fraction of sp³-hybridized carbons (Fsp3) is 0.381. The third kappa shape index (κ3) is 4.40.